The van der Waals surface area contributed by atoms with Gasteiger partial charge in [-0.2, -0.15) is 0 Å². The highest BCUT2D eigenvalue weighted by Gasteiger charge is 2.14. The van der Waals surface area contributed by atoms with E-state index < -0.39 is 0 Å². The summed E-state index contributed by atoms with van der Waals surface area (Å²) in [4.78, 5) is 6.71. The Morgan fingerprint density at radius 3 is 2.52 bits per heavy atom. The zero-order chi connectivity index (χ0) is 18.5. The number of fused-ring (bicyclic) bond motifs is 1. The first-order chi connectivity index (χ1) is 12.6. The lowest BCUT2D eigenvalue weighted by molar-refractivity contribution is 0.306. The van der Waals surface area contributed by atoms with Crippen LogP contribution >= 0.6 is 24.0 Å². The van der Waals surface area contributed by atoms with E-state index in [1.165, 1.54) is 29.5 Å². The van der Waals surface area contributed by atoms with E-state index in [9.17, 15) is 0 Å². The number of anilines is 1. The second-order valence-corrected chi connectivity index (χ2v) is 6.94. The molecule has 0 saturated heterocycles. The fraction of sp³-hybridized carbons (Fsp3) is 0.381. The first kappa shape index (κ1) is 21.5. The molecule has 1 aliphatic carbocycles. The number of methoxy groups -OCH3 is 1. The van der Waals surface area contributed by atoms with E-state index in [0.717, 1.165) is 17.9 Å². The smallest absolute Gasteiger partial charge is 0.193 e. The average Bonchev–Trinajstić information content (AvgIpc) is 3.10. The van der Waals surface area contributed by atoms with Gasteiger partial charge >= 0.3 is 0 Å². The molecule has 1 atom stereocenters. The van der Waals surface area contributed by atoms with Crippen molar-refractivity contribution in [2.45, 2.75) is 25.3 Å². The molecule has 0 saturated carbocycles. The molecule has 1 aliphatic rings. The van der Waals surface area contributed by atoms with Gasteiger partial charge in [-0.15, -0.1) is 24.0 Å². The van der Waals surface area contributed by atoms with Gasteiger partial charge in [0.15, 0.2) is 5.96 Å². The van der Waals surface area contributed by atoms with Crippen LogP contribution in [0.4, 0.5) is 5.69 Å². The molecular formula is C21H29IN4O. The van der Waals surface area contributed by atoms with Crippen LogP contribution in [0.25, 0.3) is 0 Å². The van der Waals surface area contributed by atoms with Gasteiger partial charge in [0.1, 0.15) is 5.75 Å². The van der Waals surface area contributed by atoms with Crippen molar-refractivity contribution in [3.05, 3.63) is 59.2 Å². The highest BCUT2D eigenvalue weighted by molar-refractivity contribution is 14.0. The molecule has 1 unspecified atom stereocenters. The Bertz CT molecular complexity index is 774. The third-order valence-electron chi connectivity index (χ3n) is 4.93. The van der Waals surface area contributed by atoms with Gasteiger partial charge in [0.25, 0.3) is 0 Å². The molecule has 0 heterocycles. The quantitative estimate of drug-likeness (QED) is 0.375. The van der Waals surface area contributed by atoms with Crippen molar-refractivity contribution in [1.82, 2.24) is 4.90 Å². The average molecular weight is 480 g/mol. The summed E-state index contributed by atoms with van der Waals surface area (Å²) < 4.78 is 5.23. The Balaban J connectivity index is 0.00000261. The van der Waals surface area contributed by atoms with E-state index in [1.807, 2.05) is 12.1 Å². The SMILES string of the molecule is COc1ccc(C(CN=C(N)Nc2ccc3c(c2)CCC3)N(C)C)cc1.I. The number of hydrogen-bond donors (Lipinski definition) is 2. The summed E-state index contributed by atoms with van der Waals surface area (Å²) in [7, 11) is 5.77. The number of nitrogens with one attached hydrogen (secondary N) is 1. The third kappa shape index (κ3) is 5.59. The van der Waals surface area contributed by atoms with Gasteiger partial charge in [-0.05, 0) is 74.3 Å². The van der Waals surface area contributed by atoms with Gasteiger partial charge in [0.2, 0.25) is 0 Å². The van der Waals surface area contributed by atoms with Gasteiger partial charge in [-0.3, -0.25) is 4.99 Å². The van der Waals surface area contributed by atoms with Crippen molar-refractivity contribution in [3.63, 3.8) is 0 Å². The Morgan fingerprint density at radius 1 is 1.15 bits per heavy atom. The van der Waals surface area contributed by atoms with E-state index in [4.69, 9.17) is 10.5 Å². The Labute approximate surface area is 179 Å². The van der Waals surface area contributed by atoms with Crippen LogP contribution in [0.5, 0.6) is 5.75 Å². The lowest BCUT2D eigenvalue weighted by Gasteiger charge is -2.23. The molecule has 6 heteroatoms. The summed E-state index contributed by atoms with van der Waals surface area (Å²) in [6.45, 7) is 0.586. The predicted molar refractivity (Wildman–Crippen MR) is 123 cm³/mol. The Morgan fingerprint density at radius 2 is 1.85 bits per heavy atom. The van der Waals surface area contributed by atoms with E-state index in [2.05, 4.69) is 59.6 Å². The minimum absolute atomic E-state index is 0. The number of halogens is 1. The molecule has 0 aliphatic heterocycles. The zero-order valence-electron chi connectivity index (χ0n) is 16.2. The molecule has 3 N–H and O–H groups in total. The topological polar surface area (TPSA) is 62.9 Å². The number of likely N-dealkylation sites (N-methyl/N-ethyl adjacent to an activating group) is 1. The van der Waals surface area contributed by atoms with Gasteiger partial charge in [0.05, 0.1) is 19.7 Å². The van der Waals surface area contributed by atoms with E-state index in [1.54, 1.807) is 7.11 Å². The lowest BCUT2D eigenvalue weighted by atomic mass is 10.1. The number of hydrogen-bond acceptors (Lipinski definition) is 3. The molecule has 2 aromatic carbocycles. The number of benzene rings is 2. The fourth-order valence-electron chi connectivity index (χ4n) is 3.41. The molecule has 0 bridgehead atoms. The van der Waals surface area contributed by atoms with Crippen molar-refractivity contribution in [1.29, 1.82) is 0 Å². The monoisotopic (exact) mass is 480 g/mol. The van der Waals surface area contributed by atoms with E-state index >= 15 is 0 Å². The van der Waals surface area contributed by atoms with Crippen molar-refractivity contribution < 1.29 is 4.74 Å². The maximum absolute atomic E-state index is 6.12. The second kappa shape index (κ2) is 9.94. The molecular weight excluding hydrogens is 451 g/mol. The minimum atomic E-state index is 0. The number of nitrogens with two attached hydrogens (primary N) is 1. The fourth-order valence-corrected chi connectivity index (χ4v) is 3.41. The molecule has 146 valence electrons. The van der Waals surface area contributed by atoms with Gasteiger partial charge in [0, 0.05) is 5.69 Å². The minimum Gasteiger partial charge on any atom is -0.497 e. The molecule has 27 heavy (non-hydrogen) atoms. The first-order valence-corrected chi connectivity index (χ1v) is 9.06. The van der Waals surface area contributed by atoms with Crippen LogP contribution in [-0.2, 0) is 12.8 Å². The molecule has 0 fully saturated rings. The number of rotatable bonds is 6. The highest BCUT2D eigenvalue weighted by Crippen LogP contribution is 2.25. The van der Waals surface area contributed by atoms with Crippen molar-refractivity contribution >= 4 is 35.6 Å². The molecule has 5 nitrogen and oxygen atoms in total. The third-order valence-corrected chi connectivity index (χ3v) is 4.93. The molecule has 0 radical (unpaired) electrons. The Kier molecular flexibility index (Phi) is 7.91. The molecule has 2 aromatic rings. The summed E-state index contributed by atoms with van der Waals surface area (Å²) >= 11 is 0. The van der Waals surface area contributed by atoms with Crippen molar-refractivity contribution in [2.75, 3.05) is 33.1 Å². The summed E-state index contributed by atoms with van der Waals surface area (Å²) in [5, 5.41) is 3.22. The Hall–Kier alpha value is -1.80. The standard InChI is InChI=1S/C21H28N4O.HI/c1-25(2)20(16-8-11-19(26-3)12-9-16)14-23-21(22)24-18-10-7-15-5-4-6-17(15)13-18;/h7-13,20H,4-6,14H2,1-3H3,(H3,22,23,24);1H. The molecule has 3 rings (SSSR count). The summed E-state index contributed by atoms with van der Waals surface area (Å²) in [6, 6.07) is 14.7. The van der Waals surface area contributed by atoms with Crippen LogP contribution in [0.3, 0.4) is 0 Å². The molecule has 0 amide bonds. The highest BCUT2D eigenvalue weighted by atomic mass is 127. The van der Waals surface area contributed by atoms with Crippen LogP contribution in [-0.4, -0.2) is 38.6 Å². The summed E-state index contributed by atoms with van der Waals surface area (Å²) in [5.74, 6) is 1.30. The number of nitrogens with zero attached hydrogens (tertiary/aromatic N) is 2. The van der Waals surface area contributed by atoms with Crippen molar-refractivity contribution in [2.24, 2.45) is 10.7 Å². The number of ether oxygens (including phenoxy) is 1. The lowest BCUT2D eigenvalue weighted by Crippen LogP contribution is -2.27. The zero-order valence-corrected chi connectivity index (χ0v) is 18.6. The van der Waals surface area contributed by atoms with Crippen LogP contribution in [0, 0.1) is 0 Å². The van der Waals surface area contributed by atoms with Crippen LogP contribution < -0.4 is 15.8 Å². The maximum Gasteiger partial charge on any atom is 0.193 e. The first-order valence-electron chi connectivity index (χ1n) is 9.06. The molecule has 0 aromatic heterocycles. The predicted octanol–water partition coefficient (Wildman–Crippen LogP) is 3.83. The normalized spacial score (nSPS) is 14.4. The van der Waals surface area contributed by atoms with Crippen LogP contribution in [0.1, 0.15) is 29.2 Å². The number of aliphatic imine (C=N–C) groups is 1. The number of aryl methyl sites for hydroxylation is 2. The largest absolute Gasteiger partial charge is 0.497 e. The van der Waals surface area contributed by atoms with Gasteiger partial charge in [-0.1, -0.05) is 18.2 Å². The molecule has 0 spiro atoms. The van der Waals surface area contributed by atoms with Crippen LogP contribution in [0.15, 0.2) is 47.5 Å². The van der Waals surface area contributed by atoms with Gasteiger partial charge in [-0.25, -0.2) is 0 Å². The van der Waals surface area contributed by atoms with Crippen LogP contribution in [0.2, 0.25) is 0 Å². The number of guanidine groups is 1. The second-order valence-electron chi connectivity index (χ2n) is 6.94. The maximum atomic E-state index is 6.12. The van der Waals surface area contributed by atoms with Gasteiger partial charge < -0.3 is 20.7 Å². The van der Waals surface area contributed by atoms with E-state index in [0.29, 0.717) is 12.5 Å². The summed E-state index contributed by atoms with van der Waals surface area (Å²) in [5.41, 5.74) is 11.2. The van der Waals surface area contributed by atoms with Crippen molar-refractivity contribution in [3.8, 4) is 5.75 Å². The summed E-state index contributed by atoms with van der Waals surface area (Å²) in [6.07, 6.45) is 3.59. The van der Waals surface area contributed by atoms with E-state index in [-0.39, 0.29) is 30.0 Å².